The number of aromatic amines is 1. The molecule has 5 rings (SSSR count). The molecule has 1 aliphatic rings. The molecule has 1 aliphatic carbocycles. The van der Waals surface area contributed by atoms with Crippen molar-refractivity contribution in [3.63, 3.8) is 0 Å². The van der Waals surface area contributed by atoms with Crippen molar-refractivity contribution < 1.29 is 4.79 Å². The minimum absolute atomic E-state index is 0.147. The average molecular weight is 428 g/mol. The van der Waals surface area contributed by atoms with Crippen molar-refractivity contribution in [2.75, 3.05) is 11.9 Å². The lowest BCUT2D eigenvalue weighted by Crippen LogP contribution is -2.32. The Hall–Kier alpha value is -3.54. The van der Waals surface area contributed by atoms with Gasteiger partial charge in [0.2, 0.25) is 0 Å². The first-order valence-corrected chi connectivity index (χ1v) is 11.5. The van der Waals surface area contributed by atoms with Crippen LogP contribution in [0.15, 0.2) is 61.1 Å². The molecule has 0 unspecified atom stereocenters. The topological polar surface area (TPSA) is 74.7 Å². The summed E-state index contributed by atoms with van der Waals surface area (Å²) in [5.41, 5.74) is 6.21. The molecule has 3 N–H and O–H groups in total. The zero-order chi connectivity index (χ0) is 21.9. The number of nitrogens with one attached hydrogen (secondary N) is 3. The maximum Gasteiger partial charge on any atom is 0.319 e. The number of carbonyl (C=O) groups excluding carboxylic acids is 1. The quantitative estimate of drug-likeness (QED) is 0.359. The summed E-state index contributed by atoms with van der Waals surface area (Å²) in [6.07, 6.45) is 11.8. The molecule has 6 nitrogen and oxygen atoms in total. The van der Waals surface area contributed by atoms with Crippen LogP contribution in [-0.4, -0.2) is 27.3 Å². The Morgan fingerprint density at radius 1 is 1.12 bits per heavy atom. The highest BCUT2D eigenvalue weighted by atomic mass is 16.2. The Labute approximate surface area is 188 Å². The lowest BCUT2D eigenvalue weighted by atomic mass is 10.1. The van der Waals surface area contributed by atoms with Gasteiger partial charge in [-0.1, -0.05) is 38.0 Å². The molecule has 0 radical (unpaired) electrons. The largest absolute Gasteiger partial charge is 0.359 e. The van der Waals surface area contributed by atoms with Gasteiger partial charge in [-0.15, -0.1) is 0 Å². The third kappa shape index (κ3) is 4.26. The molecular formula is C26H29N5O. The number of carbonyl (C=O) groups is 1. The van der Waals surface area contributed by atoms with Crippen molar-refractivity contribution >= 4 is 22.6 Å². The van der Waals surface area contributed by atoms with E-state index in [1.807, 2.05) is 29.3 Å². The van der Waals surface area contributed by atoms with Crippen LogP contribution in [0.3, 0.4) is 0 Å². The number of anilines is 1. The van der Waals surface area contributed by atoms with Crippen LogP contribution in [0.25, 0.3) is 27.7 Å². The molecule has 164 valence electrons. The zero-order valence-electron chi connectivity index (χ0n) is 18.4. The minimum Gasteiger partial charge on any atom is -0.359 e. The number of benzene rings is 2. The fourth-order valence-electron chi connectivity index (χ4n) is 4.52. The first-order valence-electron chi connectivity index (χ1n) is 11.5. The molecule has 0 spiro atoms. The standard InChI is InChI=1S/C26H29N5O/c1-2-18-7-10-22(11-8-18)31-17-21(15-29-31)20-9-12-24-23(13-20)25(16-27-24)30-26(32)28-14-19-5-3-4-6-19/h7-13,15-17,19,27H,2-6,14H2,1H3,(H2,28,30,32). The highest BCUT2D eigenvalue weighted by Crippen LogP contribution is 2.29. The molecule has 2 aromatic carbocycles. The number of aryl methyl sites for hydroxylation is 1. The van der Waals surface area contributed by atoms with Crippen molar-refractivity contribution in [3.05, 3.63) is 66.6 Å². The summed E-state index contributed by atoms with van der Waals surface area (Å²) in [7, 11) is 0. The number of nitrogens with zero attached hydrogens (tertiary/aromatic N) is 2. The normalized spacial score (nSPS) is 14.2. The molecule has 0 bridgehead atoms. The number of urea groups is 1. The van der Waals surface area contributed by atoms with Crippen molar-refractivity contribution in [1.29, 1.82) is 0 Å². The van der Waals surface area contributed by atoms with E-state index < -0.39 is 0 Å². The van der Waals surface area contributed by atoms with Crippen molar-refractivity contribution in [1.82, 2.24) is 20.1 Å². The van der Waals surface area contributed by atoms with Gasteiger partial charge in [-0.2, -0.15) is 5.10 Å². The van der Waals surface area contributed by atoms with Crippen LogP contribution in [0.4, 0.5) is 10.5 Å². The van der Waals surface area contributed by atoms with Gasteiger partial charge < -0.3 is 15.6 Å². The molecule has 0 saturated heterocycles. The minimum atomic E-state index is -0.147. The second-order valence-corrected chi connectivity index (χ2v) is 8.64. The predicted octanol–water partition coefficient (Wildman–Crippen LogP) is 5.89. The van der Waals surface area contributed by atoms with Gasteiger partial charge in [0.25, 0.3) is 0 Å². The molecular weight excluding hydrogens is 398 g/mol. The van der Waals surface area contributed by atoms with Gasteiger partial charge in [-0.3, -0.25) is 0 Å². The number of aromatic nitrogens is 3. The molecule has 0 atom stereocenters. The summed E-state index contributed by atoms with van der Waals surface area (Å²) in [6.45, 7) is 2.90. The third-order valence-electron chi connectivity index (χ3n) is 6.48. The molecule has 1 fully saturated rings. The molecule has 2 aromatic heterocycles. The molecule has 6 heteroatoms. The van der Waals surface area contributed by atoms with Crippen molar-refractivity contribution in [2.24, 2.45) is 5.92 Å². The first-order chi connectivity index (χ1) is 15.7. The van der Waals surface area contributed by atoms with Crippen LogP contribution in [0.2, 0.25) is 0 Å². The second-order valence-electron chi connectivity index (χ2n) is 8.64. The monoisotopic (exact) mass is 427 g/mol. The van der Waals surface area contributed by atoms with Crippen LogP contribution in [-0.2, 0) is 6.42 Å². The fourth-order valence-corrected chi connectivity index (χ4v) is 4.52. The Kier molecular flexibility index (Phi) is 5.67. The molecule has 4 aromatic rings. The SMILES string of the molecule is CCc1ccc(-n2cc(-c3ccc4[nH]cc(NC(=O)NCC5CCCC5)c4c3)cn2)cc1. The van der Waals surface area contributed by atoms with Crippen LogP contribution in [0.5, 0.6) is 0 Å². The van der Waals surface area contributed by atoms with Gasteiger partial charge in [0.05, 0.1) is 17.6 Å². The average Bonchev–Trinajstić information content (AvgIpc) is 3.59. The van der Waals surface area contributed by atoms with E-state index in [4.69, 9.17) is 0 Å². The van der Waals surface area contributed by atoms with E-state index in [9.17, 15) is 4.79 Å². The molecule has 32 heavy (non-hydrogen) atoms. The van der Waals surface area contributed by atoms with Crippen LogP contribution in [0, 0.1) is 5.92 Å². The van der Waals surface area contributed by atoms with Gasteiger partial charge >= 0.3 is 6.03 Å². The van der Waals surface area contributed by atoms with Crippen molar-refractivity contribution in [2.45, 2.75) is 39.0 Å². The molecule has 1 saturated carbocycles. The smallest absolute Gasteiger partial charge is 0.319 e. The highest BCUT2D eigenvalue weighted by molar-refractivity contribution is 6.02. The maximum absolute atomic E-state index is 12.4. The predicted molar refractivity (Wildman–Crippen MR) is 129 cm³/mol. The van der Waals surface area contributed by atoms with E-state index in [-0.39, 0.29) is 6.03 Å². The van der Waals surface area contributed by atoms with Gasteiger partial charge in [0, 0.05) is 35.4 Å². The number of hydrogen-bond acceptors (Lipinski definition) is 2. The zero-order valence-corrected chi connectivity index (χ0v) is 18.4. The van der Waals surface area contributed by atoms with Gasteiger partial charge in [0.1, 0.15) is 0 Å². The summed E-state index contributed by atoms with van der Waals surface area (Å²) >= 11 is 0. The van der Waals surface area contributed by atoms with E-state index in [1.165, 1.54) is 31.2 Å². The van der Waals surface area contributed by atoms with Crippen LogP contribution in [0.1, 0.15) is 38.2 Å². The summed E-state index contributed by atoms with van der Waals surface area (Å²) < 4.78 is 1.89. The highest BCUT2D eigenvalue weighted by Gasteiger charge is 2.16. The second kappa shape index (κ2) is 8.91. The van der Waals surface area contributed by atoms with Crippen LogP contribution < -0.4 is 10.6 Å². The first kappa shape index (κ1) is 20.4. The van der Waals surface area contributed by atoms with E-state index in [1.54, 1.807) is 0 Å². The Morgan fingerprint density at radius 2 is 1.94 bits per heavy atom. The summed E-state index contributed by atoms with van der Waals surface area (Å²) in [4.78, 5) is 15.7. The van der Waals surface area contributed by atoms with Crippen LogP contribution >= 0.6 is 0 Å². The third-order valence-corrected chi connectivity index (χ3v) is 6.48. The van der Waals surface area contributed by atoms with E-state index in [2.05, 4.69) is 64.0 Å². The summed E-state index contributed by atoms with van der Waals surface area (Å²) in [5, 5.41) is 11.6. The number of hydrogen-bond donors (Lipinski definition) is 3. The summed E-state index contributed by atoms with van der Waals surface area (Å²) in [6, 6.07) is 14.5. The van der Waals surface area contributed by atoms with Gasteiger partial charge in [-0.25, -0.2) is 9.48 Å². The maximum atomic E-state index is 12.4. The Morgan fingerprint density at radius 3 is 2.72 bits per heavy atom. The Bertz CT molecular complexity index is 1210. The summed E-state index contributed by atoms with van der Waals surface area (Å²) in [5.74, 6) is 0.616. The van der Waals surface area contributed by atoms with Crippen molar-refractivity contribution in [3.8, 4) is 16.8 Å². The molecule has 2 amide bonds. The van der Waals surface area contributed by atoms with Gasteiger partial charge in [-0.05, 0) is 60.6 Å². The Balaban J connectivity index is 1.33. The number of amides is 2. The van der Waals surface area contributed by atoms with E-state index >= 15 is 0 Å². The van der Waals surface area contributed by atoms with Gasteiger partial charge in [0.15, 0.2) is 0 Å². The number of H-pyrrole nitrogens is 1. The lowest BCUT2D eigenvalue weighted by Gasteiger charge is -2.11. The van der Waals surface area contributed by atoms with E-state index in [0.29, 0.717) is 5.92 Å². The van der Waals surface area contributed by atoms with E-state index in [0.717, 1.165) is 46.4 Å². The number of rotatable bonds is 6. The molecule has 0 aliphatic heterocycles. The lowest BCUT2D eigenvalue weighted by molar-refractivity contribution is 0.250. The fraction of sp³-hybridized carbons (Fsp3) is 0.308. The number of fused-ring (bicyclic) bond motifs is 1. The molecule has 2 heterocycles.